The summed E-state index contributed by atoms with van der Waals surface area (Å²) in [5.41, 5.74) is -0.0535. The van der Waals surface area contributed by atoms with Crippen molar-refractivity contribution < 1.29 is 31.5 Å². The van der Waals surface area contributed by atoms with Gasteiger partial charge in [-0.2, -0.15) is 18.3 Å². The first-order valence-electron chi connectivity index (χ1n) is 11.9. The molecule has 0 aliphatic carbocycles. The lowest BCUT2D eigenvalue weighted by Gasteiger charge is -2.19. The second-order valence-corrected chi connectivity index (χ2v) is 9.62. The number of benzene rings is 3. The molecular weight excluding hydrogens is 569 g/mol. The fraction of sp³-hybridized carbons (Fsp3) is 0.0714. The molecule has 3 heterocycles. The number of amides is 2. The Morgan fingerprint density at radius 2 is 1.80 bits per heavy atom. The van der Waals surface area contributed by atoms with Crippen LogP contribution >= 0.6 is 11.6 Å². The van der Waals surface area contributed by atoms with Gasteiger partial charge in [0.25, 0.3) is 11.8 Å². The second kappa shape index (κ2) is 9.66. The van der Waals surface area contributed by atoms with Gasteiger partial charge in [-0.3, -0.25) is 9.59 Å². The molecule has 1 aliphatic rings. The standard InChI is InChI=1S/C28H15ClF5N5O2/c29-21-2-1-17(30)11-19(21)25-24-20(27(41)38-25)7-13(15-9-23-35-3-4-39(23)36-12-15)8-22(24)37-26(40)14-5-16(28(32,33)34)10-18(31)6-14/h1-12,25H,(H,37,40)(H,38,41). The van der Waals surface area contributed by atoms with Crippen molar-refractivity contribution in [2.75, 3.05) is 5.32 Å². The molecular formula is C28H15ClF5N5O2. The second-order valence-electron chi connectivity index (χ2n) is 9.21. The van der Waals surface area contributed by atoms with Gasteiger partial charge in [0, 0.05) is 50.9 Å². The third-order valence-electron chi connectivity index (χ3n) is 6.58. The molecule has 7 nitrogen and oxygen atoms in total. The highest BCUT2D eigenvalue weighted by Gasteiger charge is 2.36. The van der Waals surface area contributed by atoms with Crippen molar-refractivity contribution in [3.8, 4) is 11.1 Å². The van der Waals surface area contributed by atoms with Crippen LogP contribution in [0.2, 0.25) is 5.02 Å². The third kappa shape index (κ3) is 4.86. The van der Waals surface area contributed by atoms with Gasteiger partial charge in [0.05, 0.1) is 17.8 Å². The van der Waals surface area contributed by atoms with Gasteiger partial charge in [0.2, 0.25) is 0 Å². The molecule has 13 heteroatoms. The Labute approximate surface area is 232 Å². The Bertz CT molecular complexity index is 1890. The fourth-order valence-electron chi connectivity index (χ4n) is 4.72. The van der Waals surface area contributed by atoms with Crippen LogP contribution in [0.1, 0.15) is 43.4 Å². The minimum absolute atomic E-state index is 0.00668. The van der Waals surface area contributed by atoms with E-state index in [1.165, 1.54) is 35.1 Å². The van der Waals surface area contributed by atoms with Crippen molar-refractivity contribution in [2.24, 2.45) is 0 Å². The fourth-order valence-corrected chi connectivity index (χ4v) is 4.95. The number of nitrogens with zero attached hydrogens (tertiary/aromatic N) is 3. The van der Waals surface area contributed by atoms with E-state index in [0.717, 1.165) is 12.1 Å². The van der Waals surface area contributed by atoms with Crippen LogP contribution in [0.3, 0.4) is 0 Å². The Morgan fingerprint density at radius 1 is 1.00 bits per heavy atom. The number of alkyl halides is 3. The predicted molar refractivity (Wildman–Crippen MR) is 138 cm³/mol. The highest BCUT2D eigenvalue weighted by atomic mass is 35.5. The smallest absolute Gasteiger partial charge is 0.341 e. The summed E-state index contributed by atoms with van der Waals surface area (Å²) in [6, 6.07) is 8.70. The number of hydrogen-bond acceptors (Lipinski definition) is 4. The van der Waals surface area contributed by atoms with Crippen molar-refractivity contribution in [2.45, 2.75) is 12.2 Å². The Hall–Kier alpha value is -4.84. The van der Waals surface area contributed by atoms with Crippen molar-refractivity contribution in [3.63, 3.8) is 0 Å². The maximum Gasteiger partial charge on any atom is 0.416 e. The summed E-state index contributed by atoms with van der Waals surface area (Å²) < 4.78 is 69.7. The molecule has 206 valence electrons. The molecule has 2 aromatic heterocycles. The number of rotatable bonds is 4. The van der Waals surface area contributed by atoms with E-state index in [4.69, 9.17) is 11.6 Å². The maximum absolute atomic E-state index is 14.2. The summed E-state index contributed by atoms with van der Waals surface area (Å²) in [6.07, 6.45) is -0.234. The molecule has 0 bridgehead atoms. The summed E-state index contributed by atoms with van der Waals surface area (Å²) in [4.78, 5) is 30.5. The van der Waals surface area contributed by atoms with Crippen molar-refractivity contribution in [1.29, 1.82) is 0 Å². The monoisotopic (exact) mass is 583 g/mol. The molecule has 6 rings (SSSR count). The lowest BCUT2D eigenvalue weighted by Crippen LogP contribution is -2.21. The highest BCUT2D eigenvalue weighted by Crippen LogP contribution is 2.42. The van der Waals surface area contributed by atoms with Crippen LogP contribution in [0.4, 0.5) is 27.6 Å². The molecule has 0 spiro atoms. The van der Waals surface area contributed by atoms with E-state index < -0.39 is 46.8 Å². The number of nitrogens with one attached hydrogen (secondary N) is 2. The van der Waals surface area contributed by atoms with Gasteiger partial charge in [-0.15, -0.1) is 0 Å². The normalized spacial score (nSPS) is 14.7. The number of imidazole rings is 1. The van der Waals surface area contributed by atoms with E-state index in [-0.39, 0.29) is 33.5 Å². The molecule has 1 aliphatic heterocycles. The number of aromatic nitrogens is 3. The average molecular weight is 584 g/mol. The number of fused-ring (bicyclic) bond motifs is 2. The van der Waals surface area contributed by atoms with E-state index in [1.54, 1.807) is 12.3 Å². The zero-order valence-corrected chi connectivity index (χ0v) is 21.2. The molecule has 2 amide bonds. The van der Waals surface area contributed by atoms with Crippen LogP contribution < -0.4 is 10.6 Å². The number of halogens is 6. The van der Waals surface area contributed by atoms with Gasteiger partial charge in [-0.05, 0) is 60.2 Å². The summed E-state index contributed by atoms with van der Waals surface area (Å²) in [7, 11) is 0. The van der Waals surface area contributed by atoms with Crippen LogP contribution in [0.25, 0.3) is 16.8 Å². The molecule has 1 atom stereocenters. The van der Waals surface area contributed by atoms with E-state index in [0.29, 0.717) is 28.9 Å². The molecule has 3 aromatic carbocycles. The summed E-state index contributed by atoms with van der Waals surface area (Å²) in [5, 5.41) is 9.61. The first-order valence-corrected chi connectivity index (χ1v) is 12.3. The first kappa shape index (κ1) is 26.4. The Balaban J connectivity index is 1.51. The summed E-state index contributed by atoms with van der Waals surface area (Å²) >= 11 is 6.32. The topological polar surface area (TPSA) is 88.4 Å². The molecule has 5 aromatic rings. The SMILES string of the molecule is O=C(Nc1cc(-c2cnn3ccnc3c2)cc2c1C(c1cc(F)ccc1Cl)NC2=O)c1cc(F)cc(C(F)(F)F)c1. The number of hydrogen-bond donors (Lipinski definition) is 2. The van der Waals surface area contributed by atoms with Gasteiger partial charge in [0.1, 0.15) is 11.6 Å². The van der Waals surface area contributed by atoms with Gasteiger partial charge in [-0.25, -0.2) is 18.3 Å². The quantitative estimate of drug-likeness (QED) is 0.239. The lowest BCUT2D eigenvalue weighted by molar-refractivity contribution is -0.137. The van der Waals surface area contributed by atoms with Crippen LogP contribution in [0.15, 0.2) is 73.2 Å². The predicted octanol–water partition coefficient (Wildman–Crippen LogP) is 6.43. The Morgan fingerprint density at radius 3 is 2.59 bits per heavy atom. The van der Waals surface area contributed by atoms with E-state index >= 15 is 0 Å². The van der Waals surface area contributed by atoms with Crippen molar-refractivity contribution in [1.82, 2.24) is 19.9 Å². The maximum atomic E-state index is 14.2. The number of carbonyl (C=O) groups is 2. The van der Waals surface area contributed by atoms with Gasteiger partial charge < -0.3 is 10.6 Å². The van der Waals surface area contributed by atoms with E-state index in [9.17, 15) is 31.5 Å². The highest BCUT2D eigenvalue weighted by molar-refractivity contribution is 6.31. The average Bonchev–Trinajstić information content (AvgIpc) is 3.53. The molecule has 1 unspecified atom stereocenters. The minimum Gasteiger partial charge on any atom is -0.341 e. The minimum atomic E-state index is -4.90. The molecule has 2 N–H and O–H groups in total. The van der Waals surface area contributed by atoms with Crippen LogP contribution in [0, 0.1) is 11.6 Å². The van der Waals surface area contributed by atoms with Crippen molar-refractivity contribution >= 4 is 34.7 Å². The zero-order valence-electron chi connectivity index (χ0n) is 20.4. The van der Waals surface area contributed by atoms with E-state index in [2.05, 4.69) is 20.7 Å². The summed E-state index contributed by atoms with van der Waals surface area (Å²) in [5.74, 6) is -3.53. The number of anilines is 1. The Kier molecular flexibility index (Phi) is 6.22. The zero-order chi connectivity index (χ0) is 29.1. The van der Waals surface area contributed by atoms with Gasteiger partial charge >= 0.3 is 6.18 Å². The molecule has 0 saturated carbocycles. The third-order valence-corrected chi connectivity index (χ3v) is 6.93. The van der Waals surface area contributed by atoms with Gasteiger partial charge in [0.15, 0.2) is 5.65 Å². The number of carbonyl (C=O) groups excluding carboxylic acids is 2. The molecule has 0 radical (unpaired) electrons. The largest absolute Gasteiger partial charge is 0.416 e. The molecule has 0 fully saturated rings. The van der Waals surface area contributed by atoms with Crippen LogP contribution in [-0.4, -0.2) is 26.4 Å². The molecule has 41 heavy (non-hydrogen) atoms. The van der Waals surface area contributed by atoms with Gasteiger partial charge in [-0.1, -0.05) is 11.6 Å². The lowest BCUT2D eigenvalue weighted by atomic mass is 9.93. The molecule has 0 saturated heterocycles. The van der Waals surface area contributed by atoms with E-state index in [1.807, 2.05) is 0 Å². The van der Waals surface area contributed by atoms with Crippen molar-refractivity contribution in [3.05, 3.63) is 118 Å². The summed E-state index contributed by atoms with van der Waals surface area (Å²) in [6.45, 7) is 0. The van der Waals surface area contributed by atoms with Crippen LogP contribution in [0.5, 0.6) is 0 Å². The first-order chi connectivity index (χ1) is 19.5. The van der Waals surface area contributed by atoms with Crippen LogP contribution in [-0.2, 0) is 6.18 Å².